The lowest BCUT2D eigenvalue weighted by Crippen LogP contribution is -2.54. The highest BCUT2D eigenvalue weighted by Crippen LogP contribution is 2.67. The van der Waals surface area contributed by atoms with E-state index < -0.39 is 0 Å². The van der Waals surface area contributed by atoms with Gasteiger partial charge in [-0.2, -0.15) is 0 Å². The number of carbonyl (C=O) groups excluding carboxylic acids is 2. The molecular formula is C22H34O3. The van der Waals surface area contributed by atoms with Gasteiger partial charge in [0.1, 0.15) is 12.4 Å². The van der Waals surface area contributed by atoms with E-state index in [9.17, 15) is 9.59 Å². The van der Waals surface area contributed by atoms with E-state index in [1.165, 1.54) is 32.1 Å². The summed E-state index contributed by atoms with van der Waals surface area (Å²) >= 11 is 0. The van der Waals surface area contributed by atoms with Crippen LogP contribution in [0.4, 0.5) is 0 Å². The summed E-state index contributed by atoms with van der Waals surface area (Å²) < 4.78 is 5.16. The van der Waals surface area contributed by atoms with Gasteiger partial charge in [0, 0.05) is 25.9 Å². The highest BCUT2D eigenvalue weighted by molar-refractivity contribution is 5.83. The summed E-state index contributed by atoms with van der Waals surface area (Å²) in [5.74, 6) is 3.89. The van der Waals surface area contributed by atoms with Crippen molar-refractivity contribution in [3.63, 3.8) is 0 Å². The molecule has 0 spiro atoms. The molecule has 0 radical (unpaired) electrons. The first-order valence-corrected chi connectivity index (χ1v) is 10.4. The Labute approximate surface area is 152 Å². The SMILES string of the molecule is COCC(=O)[C@H]1CC[C@H]2[C@@H]3CC[C@@H]4CC(=O)CC[C@]4(C)[C@H]3CC[C@]12C. The molecule has 140 valence electrons. The maximum absolute atomic E-state index is 12.6. The third kappa shape index (κ3) is 2.56. The van der Waals surface area contributed by atoms with Crippen LogP contribution < -0.4 is 0 Å². The number of hydrogen-bond donors (Lipinski definition) is 0. The van der Waals surface area contributed by atoms with Gasteiger partial charge in [0.15, 0.2) is 5.78 Å². The molecule has 0 aromatic carbocycles. The molecule has 3 heteroatoms. The molecule has 0 N–H and O–H groups in total. The lowest BCUT2D eigenvalue weighted by atomic mass is 9.44. The van der Waals surface area contributed by atoms with E-state index in [4.69, 9.17) is 4.74 Å². The summed E-state index contributed by atoms with van der Waals surface area (Å²) in [6, 6.07) is 0. The van der Waals surface area contributed by atoms with Crippen LogP contribution in [0, 0.1) is 40.4 Å². The normalized spacial score (nSPS) is 49.2. The maximum atomic E-state index is 12.6. The molecule has 0 aromatic rings. The van der Waals surface area contributed by atoms with Gasteiger partial charge in [0.05, 0.1) is 0 Å². The summed E-state index contributed by atoms with van der Waals surface area (Å²) in [6.07, 6.45) is 9.97. The molecular weight excluding hydrogens is 312 g/mol. The van der Waals surface area contributed by atoms with E-state index in [0.29, 0.717) is 28.8 Å². The van der Waals surface area contributed by atoms with E-state index in [2.05, 4.69) is 13.8 Å². The van der Waals surface area contributed by atoms with E-state index in [1.54, 1.807) is 7.11 Å². The zero-order chi connectivity index (χ0) is 17.8. The summed E-state index contributed by atoms with van der Waals surface area (Å²) in [6.45, 7) is 5.17. The Kier molecular flexibility index (Phi) is 4.38. The van der Waals surface area contributed by atoms with E-state index >= 15 is 0 Å². The van der Waals surface area contributed by atoms with Gasteiger partial charge in [-0.15, -0.1) is 0 Å². The smallest absolute Gasteiger partial charge is 0.162 e. The number of carbonyl (C=O) groups is 2. The fourth-order valence-electron chi connectivity index (χ4n) is 7.82. The molecule has 4 saturated carbocycles. The number of ether oxygens (including phenoxy) is 1. The van der Waals surface area contributed by atoms with Crippen molar-refractivity contribution in [2.45, 2.75) is 71.6 Å². The van der Waals surface area contributed by atoms with Crippen molar-refractivity contribution in [2.75, 3.05) is 13.7 Å². The van der Waals surface area contributed by atoms with Crippen LogP contribution in [0.15, 0.2) is 0 Å². The van der Waals surface area contributed by atoms with Gasteiger partial charge in [0.2, 0.25) is 0 Å². The van der Waals surface area contributed by atoms with Crippen LogP contribution in [0.1, 0.15) is 71.6 Å². The number of fused-ring (bicyclic) bond motifs is 5. The first-order chi connectivity index (χ1) is 11.9. The predicted molar refractivity (Wildman–Crippen MR) is 97.1 cm³/mol. The second kappa shape index (κ2) is 6.18. The first kappa shape index (κ1) is 17.7. The highest BCUT2D eigenvalue weighted by Gasteiger charge is 2.61. The lowest BCUT2D eigenvalue weighted by molar-refractivity contribution is -0.145. The van der Waals surface area contributed by atoms with Crippen LogP contribution in [-0.4, -0.2) is 25.3 Å². The molecule has 0 heterocycles. The van der Waals surface area contributed by atoms with Crippen LogP contribution in [0.5, 0.6) is 0 Å². The molecule has 4 fully saturated rings. The fraction of sp³-hybridized carbons (Fsp3) is 0.909. The first-order valence-electron chi connectivity index (χ1n) is 10.4. The van der Waals surface area contributed by atoms with Gasteiger partial charge in [-0.1, -0.05) is 13.8 Å². The van der Waals surface area contributed by atoms with Gasteiger partial charge in [-0.3, -0.25) is 9.59 Å². The zero-order valence-corrected chi connectivity index (χ0v) is 16.2. The van der Waals surface area contributed by atoms with Crippen LogP contribution in [0.3, 0.4) is 0 Å². The average Bonchev–Trinajstić information content (AvgIpc) is 2.93. The van der Waals surface area contributed by atoms with Crippen LogP contribution >= 0.6 is 0 Å². The monoisotopic (exact) mass is 346 g/mol. The van der Waals surface area contributed by atoms with Gasteiger partial charge >= 0.3 is 0 Å². The Balaban J connectivity index is 1.58. The van der Waals surface area contributed by atoms with Crippen molar-refractivity contribution in [1.29, 1.82) is 0 Å². The largest absolute Gasteiger partial charge is 0.377 e. The topological polar surface area (TPSA) is 43.4 Å². The van der Waals surface area contributed by atoms with Crippen molar-refractivity contribution in [3.8, 4) is 0 Å². The average molecular weight is 347 g/mol. The van der Waals surface area contributed by atoms with Gasteiger partial charge in [0.25, 0.3) is 0 Å². The number of methoxy groups -OCH3 is 1. The van der Waals surface area contributed by atoms with E-state index in [0.717, 1.165) is 37.5 Å². The Morgan fingerprint density at radius 2 is 1.80 bits per heavy atom. The second-order valence-electron chi connectivity index (χ2n) is 9.97. The number of Topliss-reactive ketones (excluding diaryl/α,β-unsaturated/α-hetero) is 2. The molecule has 4 aliphatic rings. The molecule has 0 saturated heterocycles. The molecule has 4 aliphatic carbocycles. The third-order valence-corrected chi connectivity index (χ3v) is 9.16. The molecule has 7 atom stereocenters. The lowest BCUT2D eigenvalue weighted by Gasteiger charge is -2.60. The number of hydrogen-bond acceptors (Lipinski definition) is 3. The Morgan fingerprint density at radius 1 is 1.04 bits per heavy atom. The maximum Gasteiger partial charge on any atom is 0.162 e. The van der Waals surface area contributed by atoms with Crippen molar-refractivity contribution in [1.82, 2.24) is 0 Å². The van der Waals surface area contributed by atoms with Crippen molar-refractivity contribution in [2.24, 2.45) is 40.4 Å². The summed E-state index contributed by atoms with van der Waals surface area (Å²) in [4.78, 5) is 24.6. The molecule has 0 bridgehead atoms. The molecule has 0 amide bonds. The van der Waals surface area contributed by atoms with Crippen LogP contribution in [0.2, 0.25) is 0 Å². The van der Waals surface area contributed by atoms with Gasteiger partial charge < -0.3 is 4.74 Å². The molecule has 0 aromatic heterocycles. The Bertz CT molecular complexity index is 570. The Morgan fingerprint density at radius 3 is 2.56 bits per heavy atom. The minimum absolute atomic E-state index is 0.185. The molecule has 4 rings (SSSR count). The summed E-state index contributed by atoms with van der Waals surface area (Å²) in [5, 5.41) is 0. The quantitative estimate of drug-likeness (QED) is 0.759. The van der Waals surface area contributed by atoms with Crippen molar-refractivity contribution in [3.05, 3.63) is 0 Å². The Hall–Kier alpha value is -0.700. The highest BCUT2D eigenvalue weighted by atomic mass is 16.5. The second-order valence-corrected chi connectivity index (χ2v) is 9.97. The van der Waals surface area contributed by atoms with Crippen molar-refractivity contribution < 1.29 is 14.3 Å². The molecule has 25 heavy (non-hydrogen) atoms. The fourth-order valence-corrected chi connectivity index (χ4v) is 7.82. The molecule has 0 aliphatic heterocycles. The number of rotatable bonds is 3. The van der Waals surface area contributed by atoms with E-state index in [-0.39, 0.29) is 17.9 Å². The minimum atomic E-state index is 0.185. The third-order valence-electron chi connectivity index (χ3n) is 9.16. The summed E-state index contributed by atoms with van der Waals surface area (Å²) in [5.41, 5.74) is 0.553. The van der Waals surface area contributed by atoms with E-state index in [1.807, 2.05) is 0 Å². The molecule has 3 nitrogen and oxygen atoms in total. The van der Waals surface area contributed by atoms with Crippen molar-refractivity contribution >= 4 is 11.6 Å². The zero-order valence-electron chi connectivity index (χ0n) is 16.2. The standard InChI is InChI=1S/C22H34O3/c1-21-10-8-15(23)12-14(21)4-5-16-17-6-7-19(20(24)13-25-3)22(17,2)11-9-18(16)21/h14,16-19H,4-13H2,1-3H3/t14-,16+,17+,18+,19-,21+,22+/m1/s1. The van der Waals surface area contributed by atoms with Crippen LogP contribution in [-0.2, 0) is 14.3 Å². The van der Waals surface area contributed by atoms with Gasteiger partial charge in [-0.25, -0.2) is 0 Å². The van der Waals surface area contributed by atoms with Gasteiger partial charge in [-0.05, 0) is 79.4 Å². The van der Waals surface area contributed by atoms with Crippen LogP contribution in [0.25, 0.3) is 0 Å². The predicted octanol–water partition coefficient (Wildman–Crippen LogP) is 4.43. The number of ketones is 2. The minimum Gasteiger partial charge on any atom is -0.377 e. The summed E-state index contributed by atoms with van der Waals surface area (Å²) in [7, 11) is 1.63. The molecule has 0 unspecified atom stereocenters.